The van der Waals surface area contributed by atoms with Crippen molar-refractivity contribution in [1.82, 2.24) is 19.5 Å². The summed E-state index contributed by atoms with van der Waals surface area (Å²) in [4.78, 5) is 12.7. The zero-order valence-corrected chi connectivity index (χ0v) is 11.1. The molecule has 1 aromatic carbocycles. The number of hydrogen-bond donors (Lipinski definition) is 1. The van der Waals surface area contributed by atoms with Crippen LogP contribution in [0.4, 0.5) is 5.82 Å². The first-order valence-electron chi connectivity index (χ1n) is 5.84. The molecule has 0 bridgehead atoms. The Morgan fingerprint density at radius 2 is 1.95 bits per heavy atom. The molecule has 0 amide bonds. The van der Waals surface area contributed by atoms with Crippen molar-refractivity contribution >= 4 is 28.6 Å². The molecule has 0 aliphatic carbocycles. The number of benzene rings is 1. The molecule has 0 radical (unpaired) electrons. The van der Waals surface area contributed by atoms with Crippen molar-refractivity contribution in [1.29, 1.82) is 0 Å². The number of rotatable bonds is 3. The fourth-order valence-corrected chi connectivity index (χ4v) is 1.99. The first kappa shape index (κ1) is 11.9. The lowest BCUT2D eigenvalue weighted by Crippen LogP contribution is -2.02. The number of aromatic nitrogens is 4. The van der Waals surface area contributed by atoms with Gasteiger partial charge in [-0.15, -0.1) is 0 Å². The average molecular weight is 274 g/mol. The van der Waals surface area contributed by atoms with E-state index in [0.717, 1.165) is 27.6 Å². The molecule has 96 valence electrons. The van der Waals surface area contributed by atoms with Crippen LogP contribution in [0.5, 0.6) is 0 Å². The molecule has 0 aliphatic heterocycles. The smallest absolute Gasteiger partial charge is 0.165 e. The number of anilines is 1. The van der Waals surface area contributed by atoms with Crippen molar-refractivity contribution in [3.05, 3.63) is 47.5 Å². The van der Waals surface area contributed by atoms with E-state index >= 15 is 0 Å². The average Bonchev–Trinajstić information content (AvgIpc) is 2.81. The molecule has 2 heterocycles. The summed E-state index contributed by atoms with van der Waals surface area (Å²) in [6, 6.07) is 7.70. The van der Waals surface area contributed by atoms with Gasteiger partial charge in [-0.05, 0) is 17.7 Å². The van der Waals surface area contributed by atoms with Gasteiger partial charge in [0.2, 0.25) is 0 Å². The molecule has 0 saturated heterocycles. The lowest BCUT2D eigenvalue weighted by Gasteiger charge is -2.06. The lowest BCUT2D eigenvalue weighted by molar-refractivity contribution is 0.928. The van der Waals surface area contributed by atoms with Crippen LogP contribution in [0.15, 0.2) is 36.9 Å². The fraction of sp³-hybridized carbons (Fsp3) is 0.154. The molecule has 0 saturated carbocycles. The van der Waals surface area contributed by atoms with E-state index in [1.54, 1.807) is 6.33 Å². The maximum atomic E-state index is 5.86. The van der Waals surface area contributed by atoms with Gasteiger partial charge in [-0.3, -0.25) is 0 Å². The van der Waals surface area contributed by atoms with Gasteiger partial charge in [0.25, 0.3) is 0 Å². The Labute approximate surface area is 115 Å². The fourth-order valence-electron chi connectivity index (χ4n) is 1.86. The molecule has 3 aromatic rings. The minimum absolute atomic E-state index is 0.667. The predicted molar refractivity (Wildman–Crippen MR) is 75.1 cm³/mol. The zero-order chi connectivity index (χ0) is 13.2. The lowest BCUT2D eigenvalue weighted by atomic mass is 10.2. The first-order chi connectivity index (χ1) is 9.24. The SMILES string of the molecule is Cn1cnc2c(NCc3ccc(Cl)cc3)ncnc21. The Hall–Kier alpha value is -2.14. The van der Waals surface area contributed by atoms with E-state index in [2.05, 4.69) is 20.3 Å². The normalized spacial score (nSPS) is 10.8. The third-order valence-corrected chi connectivity index (χ3v) is 3.12. The Kier molecular flexibility index (Phi) is 3.05. The molecule has 0 spiro atoms. The zero-order valence-electron chi connectivity index (χ0n) is 10.3. The molecule has 0 fully saturated rings. The summed E-state index contributed by atoms with van der Waals surface area (Å²) < 4.78 is 1.87. The maximum absolute atomic E-state index is 5.86. The number of aryl methyl sites for hydroxylation is 1. The van der Waals surface area contributed by atoms with Crippen molar-refractivity contribution in [3.63, 3.8) is 0 Å². The van der Waals surface area contributed by atoms with Crippen LogP contribution in [0.25, 0.3) is 11.2 Å². The highest BCUT2D eigenvalue weighted by Crippen LogP contribution is 2.17. The summed E-state index contributed by atoms with van der Waals surface area (Å²) in [6.07, 6.45) is 3.26. The second-order valence-electron chi connectivity index (χ2n) is 4.23. The number of hydrogen-bond acceptors (Lipinski definition) is 4. The van der Waals surface area contributed by atoms with Crippen LogP contribution in [0, 0.1) is 0 Å². The molecule has 3 rings (SSSR count). The summed E-state index contributed by atoms with van der Waals surface area (Å²) in [7, 11) is 1.91. The molecular weight excluding hydrogens is 262 g/mol. The molecule has 5 nitrogen and oxygen atoms in total. The summed E-state index contributed by atoms with van der Waals surface area (Å²) in [5, 5.41) is 4.00. The quantitative estimate of drug-likeness (QED) is 0.797. The molecule has 0 atom stereocenters. The molecule has 0 aliphatic rings. The number of imidazole rings is 1. The number of nitrogens with one attached hydrogen (secondary N) is 1. The van der Waals surface area contributed by atoms with Gasteiger partial charge in [-0.1, -0.05) is 23.7 Å². The van der Waals surface area contributed by atoms with Gasteiger partial charge < -0.3 is 9.88 Å². The van der Waals surface area contributed by atoms with Crippen molar-refractivity contribution in [3.8, 4) is 0 Å². The van der Waals surface area contributed by atoms with Crippen molar-refractivity contribution in [2.45, 2.75) is 6.54 Å². The maximum Gasteiger partial charge on any atom is 0.165 e. The molecule has 0 unspecified atom stereocenters. The first-order valence-corrected chi connectivity index (χ1v) is 6.22. The van der Waals surface area contributed by atoms with Gasteiger partial charge in [0.15, 0.2) is 11.5 Å². The second-order valence-corrected chi connectivity index (χ2v) is 4.67. The van der Waals surface area contributed by atoms with E-state index in [1.165, 1.54) is 6.33 Å². The van der Waals surface area contributed by atoms with Gasteiger partial charge in [0, 0.05) is 18.6 Å². The monoisotopic (exact) mass is 273 g/mol. The van der Waals surface area contributed by atoms with Gasteiger partial charge in [-0.25, -0.2) is 15.0 Å². The van der Waals surface area contributed by atoms with E-state index in [4.69, 9.17) is 11.6 Å². The summed E-state index contributed by atoms with van der Waals surface area (Å²) >= 11 is 5.86. The van der Waals surface area contributed by atoms with E-state index in [0.29, 0.717) is 6.54 Å². The minimum Gasteiger partial charge on any atom is -0.364 e. The molecule has 2 aromatic heterocycles. The van der Waals surface area contributed by atoms with Crippen LogP contribution < -0.4 is 5.32 Å². The summed E-state index contributed by atoms with van der Waals surface area (Å²) in [5.74, 6) is 0.737. The Morgan fingerprint density at radius 1 is 1.16 bits per heavy atom. The van der Waals surface area contributed by atoms with E-state index in [-0.39, 0.29) is 0 Å². The van der Waals surface area contributed by atoms with E-state index in [9.17, 15) is 0 Å². The van der Waals surface area contributed by atoms with Crippen LogP contribution in [-0.4, -0.2) is 19.5 Å². The predicted octanol–water partition coefficient (Wildman–Crippen LogP) is 2.63. The molecule has 6 heteroatoms. The molecular formula is C13H12ClN5. The van der Waals surface area contributed by atoms with Crippen molar-refractivity contribution < 1.29 is 0 Å². The third kappa shape index (κ3) is 2.37. The highest BCUT2D eigenvalue weighted by molar-refractivity contribution is 6.30. The Bertz CT molecular complexity index is 705. The number of halogens is 1. The molecule has 1 N–H and O–H groups in total. The highest BCUT2D eigenvalue weighted by Gasteiger charge is 2.07. The van der Waals surface area contributed by atoms with Crippen LogP contribution in [-0.2, 0) is 13.6 Å². The standard InChI is InChI=1S/C13H12ClN5/c1-19-8-18-11-12(16-7-17-13(11)19)15-6-9-2-4-10(14)5-3-9/h2-5,7-8H,6H2,1H3,(H,15,16,17). The van der Waals surface area contributed by atoms with Crippen molar-refractivity contribution in [2.24, 2.45) is 7.05 Å². The third-order valence-electron chi connectivity index (χ3n) is 2.87. The number of fused-ring (bicyclic) bond motifs is 1. The summed E-state index contributed by atoms with van der Waals surface area (Å²) in [6.45, 7) is 0.667. The van der Waals surface area contributed by atoms with Crippen LogP contribution in [0.3, 0.4) is 0 Å². The van der Waals surface area contributed by atoms with Crippen LogP contribution >= 0.6 is 11.6 Å². The highest BCUT2D eigenvalue weighted by atomic mass is 35.5. The summed E-state index contributed by atoms with van der Waals surface area (Å²) in [5.41, 5.74) is 2.72. The van der Waals surface area contributed by atoms with Gasteiger partial charge in [0.1, 0.15) is 11.8 Å². The topological polar surface area (TPSA) is 55.6 Å². The van der Waals surface area contributed by atoms with Gasteiger partial charge in [-0.2, -0.15) is 0 Å². The second kappa shape index (κ2) is 4.85. The minimum atomic E-state index is 0.667. The Morgan fingerprint density at radius 3 is 2.74 bits per heavy atom. The van der Waals surface area contributed by atoms with E-state index in [1.807, 2.05) is 35.9 Å². The number of nitrogens with zero attached hydrogens (tertiary/aromatic N) is 4. The Balaban J connectivity index is 1.83. The largest absolute Gasteiger partial charge is 0.364 e. The van der Waals surface area contributed by atoms with Gasteiger partial charge in [0.05, 0.1) is 6.33 Å². The molecule has 19 heavy (non-hydrogen) atoms. The van der Waals surface area contributed by atoms with E-state index < -0.39 is 0 Å². The van der Waals surface area contributed by atoms with Crippen molar-refractivity contribution in [2.75, 3.05) is 5.32 Å². The van der Waals surface area contributed by atoms with Crippen LogP contribution in [0.2, 0.25) is 5.02 Å². The van der Waals surface area contributed by atoms with Gasteiger partial charge >= 0.3 is 0 Å². The van der Waals surface area contributed by atoms with Crippen LogP contribution in [0.1, 0.15) is 5.56 Å².